The molecule has 2 N–H and O–H groups in total. The van der Waals surface area contributed by atoms with Crippen LogP contribution in [0.2, 0.25) is 0 Å². The van der Waals surface area contributed by atoms with Crippen molar-refractivity contribution in [3.8, 4) is 0 Å². The molecule has 114 valence electrons. The molecule has 5 heteroatoms. The molecule has 22 heavy (non-hydrogen) atoms. The molecule has 2 heterocycles. The first-order chi connectivity index (χ1) is 10.8. The number of fused-ring (bicyclic) bond motifs is 3. The maximum atomic E-state index is 12.6. The fourth-order valence-corrected chi connectivity index (χ4v) is 5.15. The number of thioether (sulfide) groups is 1. The zero-order valence-corrected chi connectivity index (χ0v) is 14.0. The van der Waals surface area contributed by atoms with Crippen LogP contribution < -0.4 is 10.6 Å². The third kappa shape index (κ3) is 2.28. The molecule has 4 rings (SSSR count). The van der Waals surface area contributed by atoms with Crippen LogP contribution in [-0.4, -0.2) is 25.3 Å². The second kappa shape index (κ2) is 5.72. The molecular weight excluding hydrogens is 312 g/mol. The van der Waals surface area contributed by atoms with Crippen LogP contribution in [0.5, 0.6) is 0 Å². The Hall–Kier alpha value is -1.30. The van der Waals surface area contributed by atoms with Gasteiger partial charge in [-0.3, -0.25) is 4.79 Å². The minimum Gasteiger partial charge on any atom is -0.344 e. The van der Waals surface area contributed by atoms with Crippen molar-refractivity contribution in [2.24, 2.45) is 5.92 Å². The van der Waals surface area contributed by atoms with E-state index in [0.717, 1.165) is 18.0 Å². The van der Waals surface area contributed by atoms with Gasteiger partial charge in [-0.15, -0.1) is 23.1 Å². The smallest absolute Gasteiger partial charge is 0.261 e. The number of rotatable bonds is 3. The van der Waals surface area contributed by atoms with Gasteiger partial charge in [0.2, 0.25) is 0 Å². The standard InChI is InChI=1S/C17H18N2OS2/c1-21-15-7-6-14(22-15)17(20)19-16-11-5-3-2-4-10(11)12-8-18-9-13(12)16/h2-7,12-13,16,18H,8-9H2,1H3,(H,19,20)/t12-,13-,16-/m0/s1. The van der Waals surface area contributed by atoms with Gasteiger partial charge in [0.1, 0.15) is 0 Å². The number of hydrogen-bond donors (Lipinski definition) is 2. The highest BCUT2D eigenvalue weighted by atomic mass is 32.2. The summed E-state index contributed by atoms with van der Waals surface area (Å²) in [6.07, 6.45) is 2.04. The van der Waals surface area contributed by atoms with Crippen molar-refractivity contribution in [3.05, 3.63) is 52.4 Å². The van der Waals surface area contributed by atoms with E-state index in [-0.39, 0.29) is 11.9 Å². The molecule has 1 saturated heterocycles. The predicted molar refractivity (Wildman–Crippen MR) is 91.8 cm³/mol. The number of nitrogens with one attached hydrogen (secondary N) is 2. The molecule has 3 atom stereocenters. The fourth-order valence-electron chi connectivity index (χ4n) is 3.70. The lowest BCUT2D eigenvalue weighted by Gasteiger charge is -2.20. The molecule has 2 aromatic rings. The van der Waals surface area contributed by atoms with Crippen molar-refractivity contribution in [2.45, 2.75) is 16.2 Å². The van der Waals surface area contributed by atoms with Crippen molar-refractivity contribution in [1.82, 2.24) is 10.6 Å². The Morgan fingerprint density at radius 2 is 2.05 bits per heavy atom. The van der Waals surface area contributed by atoms with Crippen molar-refractivity contribution in [1.29, 1.82) is 0 Å². The van der Waals surface area contributed by atoms with Gasteiger partial charge < -0.3 is 10.6 Å². The molecule has 0 unspecified atom stereocenters. The number of carbonyl (C=O) groups excluding carboxylic acids is 1. The SMILES string of the molecule is CSc1ccc(C(=O)N[C@H]2c3ccccc3[C@@H]3CNC[C@@H]32)s1. The lowest BCUT2D eigenvalue weighted by atomic mass is 9.94. The highest BCUT2D eigenvalue weighted by Crippen LogP contribution is 2.46. The van der Waals surface area contributed by atoms with E-state index in [9.17, 15) is 4.79 Å². The van der Waals surface area contributed by atoms with E-state index < -0.39 is 0 Å². The van der Waals surface area contributed by atoms with E-state index in [2.05, 4.69) is 34.9 Å². The predicted octanol–water partition coefficient (Wildman–Crippen LogP) is 3.26. The molecule has 3 nitrogen and oxygen atoms in total. The molecule has 2 aliphatic rings. The lowest BCUT2D eigenvalue weighted by molar-refractivity contribution is 0.0930. The summed E-state index contributed by atoms with van der Waals surface area (Å²) in [5.41, 5.74) is 2.70. The quantitative estimate of drug-likeness (QED) is 0.849. The molecule has 1 fully saturated rings. The van der Waals surface area contributed by atoms with E-state index >= 15 is 0 Å². The monoisotopic (exact) mass is 330 g/mol. The Morgan fingerprint density at radius 1 is 1.23 bits per heavy atom. The Kier molecular flexibility index (Phi) is 3.72. The Bertz CT molecular complexity index is 712. The zero-order valence-electron chi connectivity index (χ0n) is 12.3. The second-order valence-electron chi connectivity index (χ2n) is 5.83. The Labute approximate surface area is 138 Å². The van der Waals surface area contributed by atoms with Crippen LogP contribution in [-0.2, 0) is 0 Å². The van der Waals surface area contributed by atoms with Gasteiger partial charge in [0.05, 0.1) is 15.1 Å². The molecule has 1 aliphatic carbocycles. The maximum Gasteiger partial charge on any atom is 0.261 e. The normalized spacial score (nSPS) is 25.8. The Balaban J connectivity index is 1.60. The summed E-state index contributed by atoms with van der Waals surface area (Å²) in [6, 6.07) is 12.6. The van der Waals surface area contributed by atoms with Crippen molar-refractivity contribution < 1.29 is 4.79 Å². The van der Waals surface area contributed by atoms with Gasteiger partial charge in [-0.1, -0.05) is 24.3 Å². The first kappa shape index (κ1) is 14.3. The molecule has 0 spiro atoms. The molecule has 1 aliphatic heterocycles. The molecule has 0 radical (unpaired) electrons. The minimum absolute atomic E-state index is 0.0534. The third-order valence-corrected chi connectivity index (χ3v) is 6.88. The van der Waals surface area contributed by atoms with Gasteiger partial charge in [-0.25, -0.2) is 0 Å². The van der Waals surface area contributed by atoms with Crippen LogP contribution in [0.25, 0.3) is 0 Å². The summed E-state index contributed by atoms with van der Waals surface area (Å²) >= 11 is 3.25. The summed E-state index contributed by atoms with van der Waals surface area (Å²) in [5.74, 6) is 1.06. The first-order valence-electron chi connectivity index (χ1n) is 7.52. The molecule has 0 saturated carbocycles. The number of hydrogen-bond acceptors (Lipinski definition) is 4. The molecule has 1 aromatic heterocycles. The van der Waals surface area contributed by atoms with Crippen LogP contribution in [0.15, 0.2) is 40.6 Å². The summed E-state index contributed by atoms with van der Waals surface area (Å²) in [4.78, 5) is 13.4. The molecule has 0 bridgehead atoms. The fraction of sp³-hybridized carbons (Fsp3) is 0.353. The topological polar surface area (TPSA) is 41.1 Å². The zero-order chi connectivity index (χ0) is 15.1. The van der Waals surface area contributed by atoms with Crippen LogP contribution in [0, 0.1) is 5.92 Å². The van der Waals surface area contributed by atoms with Crippen LogP contribution in [0.3, 0.4) is 0 Å². The highest BCUT2D eigenvalue weighted by molar-refractivity contribution is 8.00. The summed E-state index contributed by atoms with van der Waals surface area (Å²) < 4.78 is 1.18. The number of amides is 1. The molecule has 1 amide bonds. The largest absolute Gasteiger partial charge is 0.344 e. The van der Waals surface area contributed by atoms with Crippen LogP contribution in [0.4, 0.5) is 0 Å². The number of thiophene rings is 1. The van der Waals surface area contributed by atoms with Crippen molar-refractivity contribution >= 4 is 29.0 Å². The summed E-state index contributed by atoms with van der Waals surface area (Å²) in [7, 11) is 0. The van der Waals surface area contributed by atoms with E-state index in [1.165, 1.54) is 15.3 Å². The molecular formula is C17H18N2OS2. The number of benzene rings is 1. The van der Waals surface area contributed by atoms with Gasteiger partial charge in [-0.2, -0.15) is 0 Å². The van der Waals surface area contributed by atoms with Gasteiger partial charge in [-0.05, 0) is 29.5 Å². The van der Waals surface area contributed by atoms with Gasteiger partial charge >= 0.3 is 0 Å². The van der Waals surface area contributed by atoms with Gasteiger partial charge in [0, 0.05) is 24.9 Å². The Morgan fingerprint density at radius 3 is 2.82 bits per heavy atom. The first-order valence-corrected chi connectivity index (χ1v) is 9.56. The van der Waals surface area contributed by atoms with E-state index in [1.54, 1.807) is 23.1 Å². The average Bonchev–Trinajstić information content (AvgIpc) is 3.24. The van der Waals surface area contributed by atoms with E-state index in [1.807, 2.05) is 18.4 Å². The minimum atomic E-state index is 0.0534. The maximum absolute atomic E-state index is 12.6. The average molecular weight is 330 g/mol. The van der Waals surface area contributed by atoms with Crippen molar-refractivity contribution in [2.75, 3.05) is 19.3 Å². The van der Waals surface area contributed by atoms with E-state index in [0.29, 0.717) is 11.8 Å². The van der Waals surface area contributed by atoms with Crippen molar-refractivity contribution in [3.63, 3.8) is 0 Å². The number of carbonyl (C=O) groups is 1. The van der Waals surface area contributed by atoms with Gasteiger partial charge in [0.25, 0.3) is 5.91 Å². The molecule has 1 aromatic carbocycles. The summed E-state index contributed by atoms with van der Waals surface area (Å²) in [6.45, 7) is 1.99. The second-order valence-corrected chi connectivity index (χ2v) is 8.02. The lowest BCUT2D eigenvalue weighted by Crippen LogP contribution is -2.32. The van der Waals surface area contributed by atoms with Crippen LogP contribution in [0.1, 0.15) is 32.8 Å². The third-order valence-electron chi connectivity index (χ3n) is 4.71. The van der Waals surface area contributed by atoms with Crippen LogP contribution >= 0.6 is 23.1 Å². The highest BCUT2D eigenvalue weighted by Gasteiger charge is 2.43. The van der Waals surface area contributed by atoms with E-state index in [4.69, 9.17) is 0 Å². The summed E-state index contributed by atoms with van der Waals surface area (Å²) in [5, 5.41) is 6.75. The van der Waals surface area contributed by atoms with Gasteiger partial charge in [0.15, 0.2) is 0 Å².